The lowest BCUT2D eigenvalue weighted by Crippen LogP contribution is -2.32. The van der Waals surface area contributed by atoms with Crippen molar-refractivity contribution in [3.63, 3.8) is 0 Å². The van der Waals surface area contributed by atoms with E-state index in [4.69, 9.17) is 4.74 Å². The number of ether oxygens (including phenoxy) is 1. The number of benzene rings is 2. The van der Waals surface area contributed by atoms with Crippen LogP contribution in [0.15, 0.2) is 42.5 Å². The van der Waals surface area contributed by atoms with Crippen LogP contribution in [0.2, 0.25) is 0 Å². The first kappa shape index (κ1) is 21.8. The maximum atomic E-state index is 13.3. The van der Waals surface area contributed by atoms with E-state index in [1.165, 1.54) is 12.1 Å². The van der Waals surface area contributed by atoms with Crippen LogP contribution in [0.4, 0.5) is 4.39 Å². The van der Waals surface area contributed by atoms with Gasteiger partial charge in [0, 0.05) is 42.3 Å². The van der Waals surface area contributed by atoms with Crippen LogP contribution in [-0.2, 0) is 12.6 Å². The topological polar surface area (TPSA) is 57.9 Å². The fourth-order valence-electron chi connectivity index (χ4n) is 4.87. The molecule has 5 nitrogen and oxygen atoms in total. The maximum Gasteiger partial charge on any atom is 0.123 e. The molecule has 0 bridgehead atoms. The number of halogens is 1. The van der Waals surface area contributed by atoms with E-state index in [2.05, 4.69) is 9.47 Å². The highest BCUT2D eigenvalue weighted by Gasteiger charge is 2.33. The summed E-state index contributed by atoms with van der Waals surface area (Å²) < 4.78 is 20.8. The zero-order valence-electron chi connectivity index (χ0n) is 18.4. The summed E-state index contributed by atoms with van der Waals surface area (Å²) in [7, 11) is 3.65. The molecular formula is C25H31FN2O3. The smallest absolute Gasteiger partial charge is 0.123 e. The van der Waals surface area contributed by atoms with Crippen LogP contribution in [0.5, 0.6) is 5.75 Å². The molecule has 4 rings (SSSR count). The summed E-state index contributed by atoms with van der Waals surface area (Å²) in [5.74, 6) is 0.471. The first-order valence-electron chi connectivity index (χ1n) is 10.8. The van der Waals surface area contributed by atoms with Crippen LogP contribution in [0, 0.1) is 12.7 Å². The number of hydrogen-bond donors (Lipinski definition) is 2. The molecule has 0 radical (unpaired) electrons. The number of aryl methyl sites for hydroxylation is 1. The van der Waals surface area contributed by atoms with Crippen molar-refractivity contribution in [1.82, 2.24) is 9.47 Å². The molecule has 2 aromatic carbocycles. The van der Waals surface area contributed by atoms with E-state index in [0.717, 1.165) is 46.4 Å². The second-order valence-corrected chi connectivity index (χ2v) is 8.65. The van der Waals surface area contributed by atoms with E-state index >= 15 is 0 Å². The third kappa shape index (κ3) is 4.20. The summed E-state index contributed by atoms with van der Waals surface area (Å²) in [6, 6.07) is 12.1. The molecule has 0 amide bonds. The van der Waals surface area contributed by atoms with Gasteiger partial charge in [0.25, 0.3) is 0 Å². The number of likely N-dealkylation sites (tertiary alicyclic amines) is 1. The SMILES string of the molecule is COc1ccc2c(c1)c([C@H](O)CN1CCC[C@](O)(c3ccc(F)cc3)CC1)c(C)n2C. The van der Waals surface area contributed by atoms with E-state index < -0.39 is 11.7 Å². The summed E-state index contributed by atoms with van der Waals surface area (Å²) in [6.07, 6.45) is 1.33. The van der Waals surface area contributed by atoms with E-state index in [-0.39, 0.29) is 5.82 Å². The molecule has 0 aliphatic carbocycles. The van der Waals surface area contributed by atoms with Crippen molar-refractivity contribution < 1.29 is 19.3 Å². The van der Waals surface area contributed by atoms with Crippen molar-refractivity contribution in [3.05, 3.63) is 65.1 Å². The predicted octanol–water partition coefficient (Wildman–Crippen LogP) is 4.04. The Morgan fingerprint density at radius 2 is 1.87 bits per heavy atom. The molecule has 1 aromatic heterocycles. The van der Waals surface area contributed by atoms with Gasteiger partial charge in [-0.15, -0.1) is 0 Å². The van der Waals surface area contributed by atoms with Gasteiger partial charge in [0.05, 0.1) is 18.8 Å². The van der Waals surface area contributed by atoms with E-state index in [1.54, 1.807) is 19.2 Å². The van der Waals surface area contributed by atoms with Gasteiger partial charge in [0.2, 0.25) is 0 Å². The molecule has 1 aliphatic heterocycles. The maximum absolute atomic E-state index is 13.3. The molecule has 31 heavy (non-hydrogen) atoms. The Morgan fingerprint density at radius 3 is 2.58 bits per heavy atom. The highest BCUT2D eigenvalue weighted by Crippen LogP contribution is 2.35. The number of hydrogen-bond acceptors (Lipinski definition) is 4. The second-order valence-electron chi connectivity index (χ2n) is 8.65. The van der Waals surface area contributed by atoms with E-state index in [1.807, 2.05) is 32.2 Å². The van der Waals surface area contributed by atoms with Gasteiger partial charge in [0.15, 0.2) is 0 Å². The van der Waals surface area contributed by atoms with Gasteiger partial charge in [-0.25, -0.2) is 4.39 Å². The summed E-state index contributed by atoms with van der Waals surface area (Å²) in [4.78, 5) is 2.21. The number of methoxy groups -OCH3 is 1. The number of aliphatic hydroxyl groups excluding tert-OH is 1. The van der Waals surface area contributed by atoms with E-state index in [0.29, 0.717) is 25.9 Å². The van der Waals surface area contributed by atoms with Crippen LogP contribution in [-0.4, -0.2) is 46.4 Å². The monoisotopic (exact) mass is 426 g/mol. The van der Waals surface area contributed by atoms with Gasteiger partial charge in [-0.05, 0) is 68.6 Å². The zero-order chi connectivity index (χ0) is 22.2. The van der Waals surface area contributed by atoms with Crippen LogP contribution in [0.3, 0.4) is 0 Å². The van der Waals surface area contributed by atoms with Crippen LogP contribution in [0.1, 0.15) is 42.2 Å². The molecule has 0 saturated carbocycles. The predicted molar refractivity (Wildman–Crippen MR) is 120 cm³/mol. The Morgan fingerprint density at radius 1 is 1.13 bits per heavy atom. The molecule has 2 atom stereocenters. The van der Waals surface area contributed by atoms with Crippen LogP contribution >= 0.6 is 0 Å². The molecule has 1 aliphatic rings. The Labute approximate surface area is 182 Å². The first-order valence-corrected chi connectivity index (χ1v) is 10.8. The molecule has 0 spiro atoms. The van der Waals surface area contributed by atoms with Gasteiger partial charge in [0.1, 0.15) is 11.6 Å². The van der Waals surface area contributed by atoms with Gasteiger partial charge < -0.3 is 24.4 Å². The Kier molecular flexibility index (Phi) is 6.06. The summed E-state index contributed by atoms with van der Waals surface area (Å²) in [6.45, 7) is 3.99. The van der Waals surface area contributed by atoms with Crippen molar-refractivity contribution >= 4 is 10.9 Å². The minimum absolute atomic E-state index is 0.298. The van der Waals surface area contributed by atoms with Crippen molar-refractivity contribution in [2.75, 3.05) is 26.7 Å². The third-order valence-corrected chi connectivity index (χ3v) is 6.80. The lowest BCUT2D eigenvalue weighted by Gasteiger charge is -2.28. The minimum Gasteiger partial charge on any atom is -0.497 e. The minimum atomic E-state index is -0.962. The molecule has 2 heterocycles. The molecule has 1 saturated heterocycles. The highest BCUT2D eigenvalue weighted by molar-refractivity contribution is 5.87. The summed E-state index contributed by atoms with van der Waals surface area (Å²) in [5.41, 5.74) is 2.82. The van der Waals surface area contributed by atoms with Gasteiger partial charge in [-0.2, -0.15) is 0 Å². The van der Waals surface area contributed by atoms with Crippen molar-refractivity contribution in [1.29, 1.82) is 0 Å². The van der Waals surface area contributed by atoms with Crippen LogP contribution in [0.25, 0.3) is 10.9 Å². The second kappa shape index (κ2) is 8.61. The van der Waals surface area contributed by atoms with Gasteiger partial charge in [-0.3, -0.25) is 0 Å². The molecule has 6 heteroatoms. The third-order valence-electron chi connectivity index (χ3n) is 6.80. The number of aliphatic hydroxyl groups is 2. The number of fused-ring (bicyclic) bond motifs is 1. The Balaban J connectivity index is 1.52. The van der Waals surface area contributed by atoms with Crippen molar-refractivity contribution in [2.45, 2.75) is 37.9 Å². The normalized spacial score (nSPS) is 21.2. The number of β-amino-alcohol motifs (C(OH)–C–C–N with tert-alkyl or cyclic N) is 1. The zero-order valence-corrected chi connectivity index (χ0v) is 18.4. The lowest BCUT2D eigenvalue weighted by molar-refractivity contribution is 0.0194. The molecule has 1 fully saturated rings. The van der Waals surface area contributed by atoms with Gasteiger partial charge >= 0.3 is 0 Å². The van der Waals surface area contributed by atoms with Gasteiger partial charge in [-0.1, -0.05) is 12.1 Å². The first-order chi connectivity index (χ1) is 14.8. The number of nitrogens with zero attached hydrogens (tertiary/aromatic N) is 2. The summed E-state index contributed by atoms with van der Waals surface area (Å²) in [5, 5.41) is 23.4. The standard InChI is InChI=1S/C25H31FN2O3/c1-17-24(21-15-20(31-3)9-10-22(21)27(17)2)23(29)16-28-13-4-11-25(30,12-14-28)18-5-7-19(26)8-6-18/h5-10,15,23,29-30H,4,11-14,16H2,1-3H3/t23-,25-/m1/s1. The summed E-state index contributed by atoms with van der Waals surface area (Å²) >= 11 is 0. The average molecular weight is 427 g/mol. The quantitative estimate of drug-likeness (QED) is 0.647. The highest BCUT2D eigenvalue weighted by atomic mass is 19.1. The largest absolute Gasteiger partial charge is 0.497 e. The van der Waals surface area contributed by atoms with Crippen molar-refractivity contribution in [3.8, 4) is 5.75 Å². The average Bonchev–Trinajstić information content (AvgIpc) is 2.88. The number of rotatable bonds is 5. The molecule has 3 aromatic rings. The fraction of sp³-hybridized carbons (Fsp3) is 0.440. The molecule has 0 unspecified atom stereocenters. The molecular weight excluding hydrogens is 395 g/mol. The molecule has 2 N–H and O–H groups in total. The van der Waals surface area contributed by atoms with E-state index in [9.17, 15) is 14.6 Å². The Bertz CT molecular complexity index is 1060. The number of aromatic nitrogens is 1. The fourth-order valence-corrected chi connectivity index (χ4v) is 4.87. The molecule has 166 valence electrons. The Hall–Kier alpha value is -2.41. The lowest BCUT2D eigenvalue weighted by atomic mass is 9.87. The van der Waals surface area contributed by atoms with Crippen LogP contribution < -0.4 is 4.74 Å². The van der Waals surface area contributed by atoms with Crippen molar-refractivity contribution in [2.24, 2.45) is 7.05 Å².